The highest BCUT2D eigenvalue weighted by Gasteiger charge is 2.47. The second-order valence-electron chi connectivity index (χ2n) is 6.77. The number of aromatic nitrogens is 1. The lowest BCUT2D eigenvalue weighted by Gasteiger charge is -2.24. The highest BCUT2D eigenvalue weighted by atomic mass is 35.5. The molecule has 0 radical (unpaired) electrons. The predicted molar refractivity (Wildman–Crippen MR) is 112 cm³/mol. The lowest BCUT2D eigenvalue weighted by atomic mass is 9.95. The highest BCUT2D eigenvalue weighted by Crippen LogP contribution is 2.41. The van der Waals surface area contributed by atoms with Gasteiger partial charge < -0.3 is 5.11 Å². The number of rotatable bonds is 3. The van der Waals surface area contributed by atoms with E-state index in [1.54, 1.807) is 60.8 Å². The molecule has 144 valence electrons. The summed E-state index contributed by atoms with van der Waals surface area (Å²) < 4.78 is 0. The number of nitrogens with zero attached hydrogens (tertiary/aromatic N) is 2. The Bertz CT molecular complexity index is 1110. The molecule has 2 aromatic carbocycles. The van der Waals surface area contributed by atoms with Crippen molar-refractivity contribution in [1.29, 1.82) is 0 Å². The van der Waals surface area contributed by atoms with Crippen LogP contribution >= 0.6 is 11.6 Å². The minimum atomic E-state index is -0.816. The average molecular weight is 405 g/mol. The summed E-state index contributed by atoms with van der Waals surface area (Å²) in [5, 5.41) is 11.5. The van der Waals surface area contributed by atoms with Gasteiger partial charge in [0, 0.05) is 16.8 Å². The summed E-state index contributed by atoms with van der Waals surface area (Å²) >= 11 is 6.02. The number of carbonyl (C=O) groups excluding carboxylic acids is 2. The minimum Gasteiger partial charge on any atom is -0.507 e. The van der Waals surface area contributed by atoms with E-state index < -0.39 is 17.7 Å². The summed E-state index contributed by atoms with van der Waals surface area (Å²) in [6.45, 7) is 1.93. The molecule has 1 amide bonds. The molecule has 3 aromatic rings. The number of aliphatic hydroxyl groups excluding tert-OH is 1. The van der Waals surface area contributed by atoms with Gasteiger partial charge in [0.15, 0.2) is 0 Å². The zero-order chi connectivity index (χ0) is 20.5. The molecule has 4 rings (SSSR count). The number of Topliss-reactive ketones (excluding diaryl/α,β-unsaturated/α-hetero) is 1. The molecule has 1 aliphatic rings. The van der Waals surface area contributed by atoms with Gasteiger partial charge in [-0.15, -0.1) is 0 Å². The van der Waals surface area contributed by atoms with Gasteiger partial charge in [0.2, 0.25) is 0 Å². The highest BCUT2D eigenvalue weighted by molar-refractivity contribution is 6.51. The Kier molecular flexibility index (Phi) is 4.91. The summed E-state index contributed by atoms with van der Waals surface area (Å²) in [7, 11) is 0. The van der Waals surface area contributed by atoms with Crippen LogP contribution in [0.2, 0.25) is 5.02 Å². The van der Waals surface area contributed by atoms with Crippen LogP contribution in [-0.4, -0.2) is 21.8 Å². The number of aliphatic hydroxyl groups is 1. The van der Waals surface area contributed by atoms with E-state index in [9.17, 15) is 14.7 Å². The minimum absolute atomic E-state index is 0.0202. The van der Waals surface area contributed by atoms with Crippen LogP contribution in [-0.2, 0) is 9.59 Å². The van der Waals surface area contributed by atoms with E-state index in [0.717, 1.165) is 5.56 Å². The molecule has 2 heterocycles. The van der Waals surface area contributed by atoms with Crippen LogP contribution in [0.3, 0.4) is 0 Å². The van der Waals surface area contributed by atoms with Gasteiger partial charge in [-0.1, -0.05) is 59.6 Å². The molecule has 0 unspecified atom stereocenters. The quantitative estimate of drug-likeness (QED) is 0.391. The van der Waals surface area contributed by atoms with Crippen molar-refractivity contribution in [2.24, 2.45) is 0 Å². The largest absolute Gasteiger partial charge is 0.507 e. The SMILES string of the molecule is Cc1ccc(/C(O)=C2\C(=O)C(=O)N(c3ccccn3)[C@H]2c2ccc(Cl)cc2)cc1. The van der Waals surface area contributed by atoms with E-state index in [4.69, 9.17) is 11.6 Å². The van der Waals surface area contributed by atoms with Crippen molar-refractivity contribution in [3.05, 3.63) is 100 Å². The normalized spacial score (nSPS) is 18.3. The third-order valence-electron chi connectivity index (χ3n) is 4.85. The van der Waals surface area contributed by atoms with Crippen LogP contribution in [0.1, 0.15) is 22.7 Å². The van der Waals surface area contributed by atoms with Crippen molar-refractivity contribution in [2.45, 2.75) is 13.0 Å². The maximum absolute atomic E-state index is 13.0. The Balaban J connectivity index is 1.94. The van der Waals surface area contributed by atoms with Crippen molar-refractivity contribution in [3.8, 4) is 0 Å². The molecular formula is C23H17ClN2O3. The van der Waals surface area contributed by atoms with Crippen LogP contribution in [0.5, 0.6) is 0 Å². The van der Waals surface area contributed by atoms with Crippen LogP contribution in [0, 0.1) is 6.92 Å². The molecule has 5 nitrogen and oxygen atoms in total. The van der Waals surface area contributed by atoms with Crippen molar-refractivity contribution in [1.82, 2.24) is 4.98 Å². The van der Waals surface area contributed by atoms with Crippen LogP contribution in [0.4, 0.5) is 5.82 Å². The first kappa shape index (κ1) is 18.9. The molecule has 1 aliphatic heterocycles. The second kappa shape index (κ2) is 7.53. The lowest BCUT2D eigenvalue weighted by Crippen LogP contribution is -2.30. The number of benzene rings is 2. The topological polar surface area (TPSA) is 70.5 Å². The molecule has 1 saturated heterocycles. The molecule has 0 aliphatic carbocycles. The molecule has 1 fully saturated rings. The Labute approximate surface area is 172 Å². The van der Waals surface area contributed by atoms with Gasteiger partial charge in [-0.3, -0.25) is 14.5 Å². The molecule has 0 spiro atoms. The zero-order valence-electron chi connectivity index (χ0n) is 15.5. The molecule has 1 atom stereocenters. The monoisotopic (exact) mass is 404 g/mol. The third-order valence-corrected chi connectivity index (χ3v) is 5.10. The van der Waals surface area contributed by atoms with E-state index in [0.29, 0.717) is 22.0 Å². The molecule has 6 heteroatoms. The first-order valence-corrected chi connectivity index (χ1v) is 9.39. The number of ketones is 1. The maximum atomic E-state index is 13.0. The van der Waals surface area contributed by atoms with E-state index in [2.05, 4.69) is 4.98 Å². The molecule has 0 bridgehead atoms. The average Bonchev–Trinajstić information content (AvgIpc) is 3.00. The number of halogens is 1. The van der Waals surface area contributed by atoms with E-state index in [1.165, 1.54) is 4.90 Å². The summed E-state index contributed by atoms with van der Waals surface area (Å²) in [5.74, 6) is -1.38. The molecular weight excluding hydrogens is 388 g/mol. The van der Waals surface area contributed by atoms with E-state index in [1.807, 2.05) is 19.1 Å². The first-order valence-electron chi connectivity index (χ1n) is 9.02. The lowest BCUT2D eigenvalue weighted by molar-refractivity contribution is -0.132. The van der Waals surface area contributed by atoms with Crippen LogP contribution in [0.15, 0.2) is 78.5 Å². The number of amides is 1. The van der Waals surface area contributed by atoms with Gasteiger partial charge in [-0.2, -0.15) is 0 Å². The van der Waals surface area contributed by atoms with E-state index >= 15 is 0 Å². The molecule has 1 aromatic heterocycles. The molecule has 29 heavy (non-hydrogen) atoms. The maximum Gasteiger partial charge on any atom is 0.301 e. The van der Waals surface area contributed by atoms with Gasteiger partial charge >= 0.3 is 5.91 Å². The van der Waals surface area contributed by atoms with Gasteiger partial charge in [0.1, 0.15) is 11.6 Å². The van der Waals surface area contributed by atoms with Crippen molar-refractivity contribution in [2.75, 3.05) is 4.90 Å². The summed E-state index contributed by atoms with van der Waals surface area (Å²) in [5.41, 5.74) is 2.15. The van der Waals surface area contributed by atoms with Crippen molar-refractivity contribution in [3.63, 3.8) is 0 Å². The smallest absolute Gasteiger partial charge is 0.301 e. The van der Waals surface area contributed by atoms with Crippen LogP contribution < -0.4 is 4.90 Å². The first-order chi connectivity index (χ1) is 14.0. The Morgan fingerprint density at radius 1 is 1.00 bits per heavy atom. The Morgan fingerprint density at radius 2 is 1.69 bits per heavy atom. The number of carbonyl (C=O) groups is 2. The van der Waals surface area contributed by atoms with Crippen molar-refractivity contribution < 1.29 is 14.7 Å². The second-order valence-corrected chi connectivity index (χ2v) is 7.21. The number of aryl methyl sites for hydroxylation is 1. The summed E-state index contributed by atoms with van der Waals surface area (Å²) in [6, 6.07) is 18.2. The zero-order valence-corrected chi connectivity index (χ0v) is 16.3. The van der Waals surface area contributed by atoms with Gasteiger partial charge in [0.25, 0.3) is 5.78 Å². The fourth-order valence-electron chi connectivity index (χ4n) is 3.39. The fraction of sp³-hybridized carbons (Fsp3) is 0.0870. The predicted octanol–water partition coefficient (Wildman–Crippen LogP) is 4.67. The van der Waals surface area contributed by atoms with Gasteiger partial charge in [-0.25, -0.2) is 4.98 Å². The van der Waals surface area contributed by atoms with Crippen molar-refractivity contribution >= 4 is 34.9 Å². The van der Waals surface area contributed by atoms with E-state index in [-0.39, 0.29) is 11.3 Å². The number of pyridine rings is 1. The van der Waals surface area contributed by atoms with Gasteiger partial charge in [0.05, 0.1) is 11.6 Å². The number of hydrogen-bond donors (Lipinski definition) is 1. The summed E-state index contributed by atoms with van der Waals surface area (Å²) in [4.78, 5) is 31.4. The molecule has 0 saturated carbocycles. The Morgan fingerprint density at radius 3 is 2.31 bits per heavy atom. The van der Waals surface area contributed by atoms with Gasteiger partial charge in [-0.05, 0) is 36.8 Å². The third kappa shape index (κ3) is 3.41. The standard InChI is InChI=1S/C23H17ClN2O3/c1-14-5-7-16(8-6-14)21(27)19-20(15-9-11-17(24)12-10-15)26(23(29)22(19)28)18-4-2-3-13-25-18/h2-13,20,27H,1H3/b21-19+/t20-/m0/s1. The fourth-order valence-corrected chi connectivity index (χ4v) is 3.52. The van der Waals surface area contributed by atoms with Crippen LogP contribution in [0.25, 0.3) is 5.76 Å². The Hall–Kier alpha value is -3.44. The number of anilines is 1. The molecule has 1 N–H and O–H groups in total. The summed E-state index contributed by atoms with van der Waals surface area (Å²) in [6.07, 6.45) is 1.55. The number of hydrogen-bond acceptors (Lipinski definition) is 4.